The zero-order chi connectivity index (χ0) is 13.3. The Morgan fingerprint density at radius 2 is 2.00 bits per heavy atom. The molecule has 2 rings (SSSR count). The van der Waals surface area contributed by atoms with Crippen LogP contribution in [-0.4, -0.2) is 17.8 Å². The van der Waals surface area contributed by atoms with E-state index in [9.17, 15) is 18.3 Å². The second-order valence-corrected chi connectivity index (χ2v) is 4.63. The second-order valence-electron chi connectivity index (χ2n) is 4.63. The summed E-state index contributed by atoms with van der Waals surface area (Å²) >= 11 is 0. The average molecular weight is 260 g/mol. The lowest BCUT2D eigenvalue weighted by atomic mass is 9.92. The first kappa shape index (κ1) is 13.4. The molecule has 0 amide bonds. The number of aliphatic hydroxyl groups excluding tert-OH is 1. The number of aliphatic hydroxyl groups is 1. The van der Waals surface area contributed by atoms with Crippen molar-refractivity contribution in [1.82, 2.24) is 0 Å². The number of rotatable bonds is 2. The Hall–Kier alpha value is -1.07. The highest BCUT2D eigenvalue weighted by Crippen LogP contribution is 2.38. The molecule has 1 fully saturated rings. The molecule has 1 N–H and O–H groups in total. The van der Waals surface area contributed by atoms with E-state index in [0.717, 1.165) is 12.5 Å². The fourth-order valence-electron chi connectivity index (χ4n) is 2.31. The lowest BCUT2D eigenvalue weighted by molar-refractivity contribution is -0.140. The highest BCUT2D eigenvalue weighted by molar-refractivity contribution is 5.32. The molecule has 0 radical (unpaired) electrons. The molecule has 1 aromatic carbocycles. The monoisotopic (exact) mass is 260 g/mol. The summed E-state index contributed by atoms with van der Waals surface area (Å²) in [7, 11) is 0. The number of halogens is 3. The van der Waals surface area contributed by atoms with Gasteiger partial charge in [0.2, 0.25) is 0 Å². The van der Waals surface area contributed by atoms with E-state index in [1.807, 2.05) is 6.92 Å². The van der Waals surface area contributed by atoms with Gasteiger partial charge in [-0.1, -0.05) is 25.1 Å². The third-order valence-electron chi connectivity index (χ3n) is 3.34. The fraction of sp³-hybridized carbons (Fsp3) is 0.538. The van der Waals surface area contributed by atoms with Crippen LogP contribution < -0.4 is 0 Å². The van der Waals surface area contributed by atoms with Crippen molar-refractivity contribution in [2.75, 3.05) is 6.61 Å². The van der Waals surface area contributed by atoms with Gasteiger partial charge in [-0.3, -0.25) is 0 Å². The van der Waals surface area contributed by atoms with Gasteiger partial charge in [0.15, 0.2) is 0 Å². The van der Waals surface area contributed by atoms with Crippen LogP contribution in [0.15, 0.2) is 24.3 Å². The van der Waals surface area contributed by atoms with E-state index in [1.54, 1.807) is 0 Å². The Morgan fingerprint density at radius 3 is 2.56 bits per heavy atom. The molecule has 0 saturated carbocycles. The Morgan fingerprint density at radius 1 is 1.33 bits per heavy atom. The van der Waals surface area contributed by atoms with E-state index < -0.39 is 23.9 Å². The molecule has 5 heteroatoms. The molecule has 0 spiro atoms. The molecule has 1 aliphatic rings. The zero-order valence-electron chi connectivity index (χ0n) is 9.95. The summed E-state index contributed by atoms with van der Waals surface area (Å²) in [6, 6.07) is 5.10. The van der Waals surface area contributed by atoms with Crippen LogP contribution in [0.3, 0.4) is 0 Å². The minimum Gasteiger partial charge on any atom is -0.386 e. The van der Waals surface area contributed by atoms with E-state index in [4.69, 9.17) is 4.74 Å². The lowest BCUT2D eigenvalue weighted by Gasteiger charge is -2.24. The molecule has 1 aliphatic heterocycles. The van der Waals surface area contributed by atoms with Crippen LogP contribution in [0.2, 0.25) is 0 Å². The van der Waals surface area contributed by atoms with Crippen LogP contribution in [0.4, 0.5) is 13.2 Å². The summed E-state index contributed by atoms with van der Waals surface area (Å²) in [4.78, 5) is 0. The summed E-state index contributed by atoms with van der Waals surface area (Å²) in [5, 5.41) is 10.1. The molecule has 0 aliphatic carbocycles. The zero-order valence-corrected chi connectivity index (χ0v) is 9.95. The van der Waals surface area contributed by atoms with Crippen molar-refractivity contribution in [2.24, 2.45) is 5.92 Å². The predicted octanol–water partition coefficient (Wildman–Crippen LogP) is 3.16. The summed E-state index contributed by atoms with van der Waals surface area (Å²) in [6.45, 7) is 2.36. The quantitative estimate of drug-likeness (QED) is 0.885. The van der Waals surface area contributed by atoms with Crippen LogP contribution >= 0.6 is 0 Å². The van der Waals surface area contributed by atoms with Crippen molar-refractivity contribution in [1.29, 1.82) is 0 Å². The number of hydrogen-bond donors (Lipinski definition) is 1. The largest absolute Gasteiger partial charge is 0.416 e. The fourth-order valence-corrected chi connectivity index (χ4v) is 2.31. The third-order valence-corrected chi connectivity index (χ3v) is 3.34. The third kappa shape index (κ3) is 2.52. The molecular weight excluding hydrogens is 245 g/mol. The smallest absolute Gasteiger partial charge is 0.386 e. The SMILES string of the molecule is CC1CCOC1C(O)c1ccccc1C(F)(F)F. The van der Waals surface area contributed by atoms with Gasteiger partial charge in [0.25, 0.3) is 0 Å². The Balaban J connectivity index is 2.33. The van der Waals surface area contributed by atoms with Crippen LogP contribution in [0.25, 0.3) is 0 Å². The summed E-state index contributed by atoms with van der Waals surface area (Å²) in [5.41, 5.74) is -0.899. The Labute approximate surface area is 103 Å². The van der Waals surface area contributed by atoms with Crippen molar-refractivity contribution in [3.8, 4) is 0 Å². The molecule has 0 bridgehead atoms. The maximum atomic E-state index is 12.8. The first-order valence-corrected chi connectivity index (χ1v) is 5.87. The van der Waals surface area contributed by atoms with Gasteiger partial charge in [-0.2, -0.15) is 13.2 Å². The van der Waals surface area contributed by atoms with E-state index in [-0.39, 0.29) is 11.5 Å². The molecule has 3 atom stereocenters. The topological polar surface area (TPSA) is 29.5 Å². The van der Waals surface area contributed by atoms with E-state index in [1.165, 1.54) is 18.2 Å². The highest BCUT2D eigenvalue weighted by atomic mass is 19.4. The standard InChI is InChI=1S/C13H15F3O2/c1-8-6-7-18-12(8)11(17)9-4-2-3-5-10(9)13(14,15)16/h2-5,8,11-12,17H,6-7H2,1H3. The van der Waals surface area contributed by atoms with Crippen LogP contribution in [-0.2, 0) is 10.9 Å². The number of ether oxygens (including phenoxy) is 1. The summed E-state index contributed by atoms with van der Waals surface area (Å²) in [5.74, 6) is 0.0567. The molecule has 100 valence electrons. The van der Waals surface area contributed by atoms with Gasteiger partial charge in [-0.25, -0.2) is 0 Å². The first-order valence-electron chi connectivity index (χ1n) is 5.87. The molecule has 1 heterocycles. The van der Waals surface area contributed by atoms with Gasteiger partial charge in [0, 0.05) is 6.61 Å². The van der Waals surface area contributed by atoms with E-state index >= 15 is 0 Å². The number of hydrogen-bond acceptors (Lipinski definition) is 2. The number of alkyl halides is 3. The van der Waals surface area contributed by atoms with Gasteiger partial charge in [0.05, 0.1) is 11.7 Å². The maximum absolute atomic E-state index is 12.8. The van der Waals surface area contributed by atoms with Crippen molar-refractivity contribution < 1.29 is 23.0 Å². The van der Waals surface area contributed by atoms with Gasteiger partial charge in [-0.05, 0) is 24.0 Å². The van der Waals surface area contributed by atoms with Crippen molar-refractivity contribution in [3.05, 3.63) is 35.4 Å². The Kier molecular flexibility index (Phi) is 3.64. The molecule has 0 aromatic heterocycles. The van der Waals surface area contributed by atoms with Crippen molar-refractivity contribution in [3.63, 3.8) is 0 Å². The molecular formula is C13H15F3O2. The maximum Gasteiger partial charge on any atom is 0.416 e. The number of benzene rings is 1. The summed E-state index contributed by atoms with van der Waals surface area (Å²) in [6.07, 6.45) is -5.50. The minimum absolute atomic E-state index is 0.0567. The van der Waals surface area contributed by atoms with Crippen LogP contribution in [0.5, 0.6) is 0 Å². The predicted molar refractivity (Wildman–Crippen MR) is 59.9 cm³/mol. The molecule has 3 unspecified atom stereocenters. The normalized spacial score (nSPS) is 26.3. The molecule has 2 nitrogen and oxygen atoms in total. The first-order chi connectivity index (χ1) is 8.41. The van der Waals surface area contributed by atoms with E-state index in [0.29, 0.717) is 6.61 Å². The van der Waals surface area contributed by atoms with Crippen molar-refractivity contribution in [2.45, 2.75) is 31.7 Å². The lowest BCUT2D eigenvalue weighted by Crippen LogP contribution is -2.25. The molecule has 18 heavy (non-hydrogen) atoms. The highest BCUT2D eigenvalue weighted by Gasteiger charge is 2.39. The van der Waals surface area contributed by atoms with Gasteiger partial charge < -0.3 is 9.84 Å². The van der Waals surface area contributed by atoms with E-state index in [2.05, 4.69) is 0 Å². The molecule has 1 aromatic rings. The minimum atomic E-state index is -4.46. The van der Waals surface area contributed by atoms with Crippen LogP contribution in [0, 0.1) is 5.92 Å². The summed E-state index contributed by atoms with van der Waals surface area (Å²) < 4.78 is 43.9. The van der Waals surface area contributed by atoms with Crippen molar-refractivity contribution >= 4 is 0 Å². The molecule has 1 saturated heterocycles. The Bertz CT molecular complexity index is 417. The van der Waals surface area contributed by atoms with Gasteiger partial charge >= 0.3 is 6.18 Å². The second kappa shape index (κ2) is 4.90. The van der Waals surface area contributed by atoms with Gasteiger partial charge in [0.1, 0.15) is 6.10 Å². The van der Waals surface area contributed by atoms with Gasteiger partial charge in [-0.15, -0.1) is 0 Å². The van der Waals surface area contributed by atoms with Crippen LogP contribution in [0.1, 0.15) is 30.6 Å². The average Bonchev–Trinajstić information content (AvgIpc) is 2.73.